The third-order valence-electron chi connectivity index (χ3n) is 4.43. The van der Waals surface area contributed by atoms with Crippen molar-refractivity contribution in [1.82, 2.24) is 19.7 Å². The van der Waals surface area contributed by atoms with E-state index in [1.54, 1.807) is 23.1 Å². The molecule has 2 N–H and O–H groups in total. The van der Waals surface area contributed by atoms with E-state index in [9.17, 15) is 0 Å². The summed E-state index contributed by atoms with van der Waals surface area (Å²) in [7, 11) is 0. The summed E-state index contributed by atoms with van der Waals surface area (Å²) in [6.07, 6.45) is 8.03. The van der Waals surface area contributed by atoms with Gasteiger partial charge < -0.3 is 10.5 Å². The molecule has 6 nitrogen and oxygen atoms in total. The molecule has 0 fully saturated rings. The van der Waals surface area contributed by atoms with E-state index in [2.05, 4.69) is 15.1 Å². The van der Waals surface area contributed by atoms with Gasteiger partial charge in [0, 0.05) is 47.4 Å². The van der Waals surface area contributed by atoms with Gasteiger partial charge in [-0.25, -0.2) is 0 Å². The number of anilines is 1. The molecule has 0 aliphatic heterocycles. The molecule has 0 aliphatic carbocycles. The molecule has 3 aromatic heterocycles. The van der Waals surface area contributed by atoms with Gasteiger partial charge in [0.1, 0.15) is 18.2 Å². The number of aromatic nitrogens is 4. The van der Waals surface area contributed by atoms with Crippen LogP contribution in [-0.2, 0) is 13.0 Å². The molecule has 7 heteroatoms. The Morgan fingerprint density at radius 2 is 2.00 bits per heavy atom. The quantitative estimate of drug-likeness (QED) is 0.497. The van der Waals surface area contributed by atoms with Gasteiger partial charge in [0.25, 0.3) is 0 Å². The average Bonchev–Trinajstić information content (AvgIpc) is 3.08. The summed E-state index contributed by atoms with van der Waals surface area (Å²) in [5.41, 5.74) is 10.0. The zero-order valence-electron chi connectivity index (χ0n) is 15.7. The summed E-state index contributed by atoms with van der Waals surface area (Å²) in [6, 6.07) is 15.3. The van der Waals surface area contributed by atoms with E-state index in [1.807, 2.05) is 54.9 Å². The predicted molar refractivity (Wildman–Crippen MR) is 114 cm³/mol. The fourth-order valence-corrected chi connectivity index (χ4v) is 3.16. The summed E-state index contributed by atoms with van der Waals surface area (Å²) in [5, 5.41) is 5.03. The van der Waals surface area contributed by atoms with Gasteiger partial charge in [0.2, 0.25) is 0 Å². The van der Waals surface area contributed by atoms with E-state index >= 15 is 0 Å². The maximum Gasteiger partial charge on any atom is 0.148 e. The van der Waals surface area contributed by atoms with Crippen LogP contribution >= 0.6 is 11.6 Å². The lowest BCUT2D eigenvalue weighted by molar-refractivity contribution is 0.291. The molecule has 0 saturated carbocycles. The highest BCUT2D eigenvalue weighted by atomic mass is 35.5. The first kappa shape index (κ1) is 19.0. The van der Waals surface area contributed by atoms with Gasteiger partial charge in [0.05, 0.1) is 12.2 Å². The van der Waals surface area contributed by atoms with Crippen molar-refractivity contribution in [1.29, 1.82) is 0 Å². The zero-order chi connectivity index (χ0) is 20.1. The summed E-state index contributed by atoms with van der Waals surface area (Å²) in [4.78, 5) is 8.66. The van der Waals surface area contributed by atoms with Crippen LogP contribution in [0.4, 0.5) is 5.82 Å². The topological polar surface area (TPSA) is 78.8 Å². The largest absolute Gasteiger partial charge is 0.492 e. The number of rotatable bonds is 7. The second-order valence-electron chi connectivity index (χ2n) is 6.58. The standard InChI is InChI=1S/C22H20ClN5O/c23-19-4-1-5-20(12-19)29-10-9-28-15-18(22(24)27-28)11-16-6-7-21(26-13-16)17-3-2-8-25-14-17/h1-8,12-15H,9-11H2,(H2,24,27). The lowest BCUT2D eigenvalue weighted by atomic mass is 10.1. The van der Waals surface area contributed by atoms with Gasteiger partial charge in [-0.2, -0.15) is 5.10 Å². The third-order valence-corrected chi connectivity index (χ3v) is 4.67. The molecular formula is C22H20ClN5O. The number of nitrogen functional groups attached to an aromatic ring is 1. The Labute approximate surface area is 174 Å². The van der Waals surface area contributed by atoms with Crippen molar-refractivity contribution in [3.63, 3.8) is 0 Å². The molecule has 0 spiro atoms. The highest BCUT2D eigenvalue weighted by Gasteiger charge is 2.08. The van der Waals surface area contributed by atoms with Gasteiger partial charge in [-0.05, 0) is 42.0 Å². The van der Waals surface area contributed by atoms with Gasteiger partial charge >= 0.3 is 0 Å². The minimum absolute atomic E-state index is 0.474. The molecule has 1 aromatic carbocycles. The Morgan fingerprint density at radius 3 is 2.76 bits per heavy atom. The number of halogens is 1. The smallest absolute Gasteiger partial charge is 0.148 e. The second-order valence-corrected chi connectivity index (χ2v) is 7.02. The molecule has 146 valence electrons. The average molecular weight is 406 g/mol. The van der Waals surface area contributed by atoms with Gasteiger partial charge in [-0.1, -0.05) is 23.7 Å². The summed E-state index contributed by atoms with van der Waals surface area (Å²) in [5.74, 6) is 1.25. The lowest BCUT2D eigenvalue weighted by Crippen LogP contribution is -2.08. The number of nitrogens with two attached hydrogens (primary N) is 1. The van der Waals surface area contributed by atoms with Crippen LogP contribution in [0.3, 0.4) is 0 Å². The molecule has 4 aromatic rings. The van der Waals surface area contributed by atoms with Crippen molar-refractivity contribution in [3.05, 3.63) is 89.5 Å². The van der Waals surface area contributed by atoms with Crippen LogP contribution in [0.2, 0.25) is 5.02 Å². The van der Waals surface area contributed by atoms with E-state index in [4.69, 9.17) is 22.1 Å². The van der Waals surface area contributed by atoms with Crippen molar-refractivity contribution in [2.75, 3.05) is 12.3 Å². The molecular weight excluding hydrogens is 386 g/mol. The molecule has 0 radical (unpaired) electrons. The minimum atomic E-state index is 0.474. The van der Waals surface area contributed by atoms with E-state index in [0.29, 0.717) is 30.4 Å². The Bertz CT molecular complexity index is 1080. The lowest BCUT2D eigenvalue weighted by Gasteiger charge is -2.06. The SMILES string of the molecule is Nc1nn(CCOc2cccc(Cl)c2)cc1Cc1ccc(-c2cccnc2)nc1. The summed E-state index contributed by atoms with van der Waals surface area (Å²) >= 11 is 5.96. The van der Waals surface area contributed by atoms with Crippen molar-refractivity contribution in [2.45, 2.75) is 13.0 Å². The van der Waals surface area contributed by atoms with Crippen molar-refractivity contribution < 1.29 is 4.74 Å². The first-order valence-corrected chi connectivity index (χ1v) is 9.61. The monoisotopic (exact) mass is 405 g/mol. The number of hydrogen-bond acceptors (Lipinski definition) is 5. The van der Waals surface area contributed by atoms with Gasteiger partial charge in [0.15, 0.2) is 0 Å². The van der Waals surface area contributed by atoms with Crippen LogP contribution < -0.4 is 10.5 Å². The number of nitrogens with zero attached hydrogens (tertiary/aromatic N) is 4. The Morgan fingerprint density at radius 1 is 1.07 bits per heavy atom. The predicted octanol–water partition coefficient (Wildman–Crippen LogP) is 4.25. The normalized spacial score (nSPS) is 10.8. The van der Waals surface area contributed by atoms with E-state index in [1.165, 1.54) is 0 Å². The van der Waals surface area contributed by atoms with E-state index < -0.39 is 0 Å². The molecule has 0 saturated heterocycles. The molecule has 0 unspecified atom stereocenters. The first-order valence-electron chi connectivity index (χ1n) is 9.23. The third kappa shape index (κ3) is 4.92. The minimum Gasteiger partial charge on any atom is -0.492 e. The number of pyridine rings is 2. The maximum atomic E-state index is 6.09. The summed E-state index contributed by atoms with van der Waals surface area (Å²) < 4.78 is 7.51. The van der Waals surface area contributed by atoms with Crippen molar-refractivity contribution in [3.8, 4) is 17.0 Å². The second kappa shape index (κ2) is 8.75. The maximum absolute atomic E-state index is 6.09. The fourth-order valence-electron chi connectivity index (χ4n) is 2.98. The molecule has 0 amide bonds. The highest BCUT2D eigenvalue weighted by Crippen LogP contribution is 2.19. The zero-order valence-corrected chi connectivity index (χ0v) is 16.5. The van der Waals surface area contributed by atoms with Gasteiger partial charge in [-0.3, -0.25) is 14.6 Å². The van der Waals surface area contributed by atoms with Crippen LogP contribution in [0, 0.1) is 0 Å². The van der Waals surface area contributed by atoms with E-state index in [-0.39, 0.29) is 0 Å². The van der Waals surface area contributed by atoms with Crippen LogP contribution in [0.25, 0.3) is 11.3 Å². The number of hydrogen-bond donors (Lipinski definition) is 1. The Balaban J connectivity index is 1.36. The molecule has 0 aliphatic rings. The van der Waals surface area contributed by atoms with Crippen LogP contribution in [0.5, 0.6) is 5.75 Å². The molecule has 3 heterocycles. The Hall–Kier alpha value is -3.38. The fraction of sp³-hybridized carbons (Fsp3) is 0.136. The first-order chi connectivity index (χ1) is 14.2. The molecule has 29 heavy (non-hydrogen) atoms. The van der Waals surface area contributed by atoms with E-state index in [0.717, 1.165) is 28.1 Å². The molecule has 0 bridgehead atoms. The van der Waals surface area contributed by atoms with Crippen LogP contribution in [0.15, 0.2) is 73.3 Å². The molecule has 4 rings (SSSR count). The molecule has 0 atom stereocenters. The summed E-state index contributed by atoms with van der Waals surface area (Å²) in [6.45, 7) is 1.07. The van der Waals surface area contributed by atoms with Crippen molar-refractivity contribution >= 4 is 17.4 Å². The number of ether oxygens (including phenoxy) is 1. The highest BCUT2D eigenvalue weighted by molar-refractivity contribution is 6.30. The number of benzene rings is 1. The van der Waals surface area contributed by atoms with Crippen molar-refractivity contribution in [2.24, 2.45) is 0 Å². The Kier molecular flexibility index (Phi) is 5.72. The van der Waals surface area contributed by atoms with Crippen LogP contribution in [-0.4, -0.2) is 26.4 Å². The van der Waals surface area contributed by atoms with Gasteiger partial charge in [-0.15, -0.1) is 0 Å². The van der Waals surface area contributed by atoms with Crippen LogP contribution in [0.1, 0.15) is 11.1 Å².